The van der Waals surface area contributed by atoms with E-state index >= 15 is 0 Å². The Hall–Kier alpha value is -2.64. The maximum absolute atomic E-state index is 14.6. The molecule has 0 bridgehead atoms. The average Bonchev–Trinajstić information content (AvgIpc) is 2.65. The van der Waals surface area contributed by atoms with Gasteiger partial charge in [-0.2, -0.15) is 0 Å². The van der Waals surface area contributed by atoms with Crippen molar-refractivity contribution in [2.45, 2.75) is 25.9 Å². The second kappa shape index (κ2) is 9.34. The Kier molecular flexibility index (Phi) is 7.15. The lowest BCUT2D eigenvalue weighted by Crippen LogP contribution is -2.43. The van der Waals surface area contributed by atoms with E-state index < -0.39 is 23.8 Å². The lowest BCUT2D eigenvalue weighted by Gasteiger charge is -2.20. The molecule has 0 spiro atoms. The molecule has 6 nitrogen and oxygen atoms in total. The molecule has 0 saturated carbocycles. The first-order valence-electron chi connectivity index (χ1n) is 8.49. The molecule has 8 heteroatoms. The van der Waals surface area contributed by atoms with Crippen LogP contribution in [-0.2, 0) is 17.8 Å². The molecule has 0 aliphatic carbocycles. The first kappa shape index (κ1) is 20.7. The molecule has 2 aromatic carbocycles. The van der Waals surface area contributed by atoms with Gasteiger partial charge in [-0.05, 0) is 49.2 Å². The third-order valence-electron chi connectivity index (χ3n) is 4.24. The number of rotatable bonds is 4. The number of carbonyl (C=O) groups is 2. The SMILES string of the molecule is CC(NC(=O)Nc1ccccc1)C(=O)Nc1ccc2c(c1F)CCNC2.Cl. The number of fused-ring (bicyclic) bond motifs is 1. The number of para-hydroxylation sites is 1. The number of hydrogen-bond acceptors (Lipinski definition) is 3. The van der Waals surface area contributed by atoms with Crippen LogP contribution in [0.3, 0.4) is 0 Å². The van der Waals surface area contributed by atoms with Crippen molar-refractivity contribution in [1.29, 1.82) is 0 Å². The topological polar surface area (TPSA) is 82.3 Å². The highest BCUT2D eigenvalue weighted by molar-refractivity contribution is 5.99. The summed E-state index contributed by atoms with van der Waals surface area (Å²) < 4.78 is 14.6. The third-order valence-corrected chi connectivity index (χ3v) is 4.24. The van der Waals surface area contributed by atoms with Gasteiger partial charge in [-0.15, -0.1) is 12.4 Å². The molecule has 0 radical (unpaired) electrons. The van der Waals surface area contributed by atoms with Crippen molar-refractivity contribution < 1.29 is 14.0 Å². The normalized spacial score (nSPS) is 13.6. The highest BCUT2D eigenvalue weighted by Crippen LogP contribution is 2.24. The van der Waals surface area contributed by atoms with Gasteiger partial charge in [-0.3, -0.25) is 4.79 Å². The molecular weight excluding hydrogens is 371 g/mol. The Morgan fingerprint density at radius 3 is 2.59 bits per heavy atom. The van der Waals surface area contributed by atoms with Gasteiger partial charge in [0.25, 0.3) is 0 Å². The first-order valence-corrected chi connectivity index (χ1v) is 8.49. The molecule has 4 N–H and O–H groups in total. The third kappa shape index (κ3) is 5.18. The van der Waals surface area contributed by atoms with Crippen LogP contribution in [0.5, 0.6) is 0 Å². The van der Waals surface area contributed by atoms with E-state index in [1.165, 1.54) is 0 Å². The summed E-state index contributed by atoms with van der Waals surface area (Å²) in [4.78, 5) is 24.2. The van der Waals surface area contributed by atoms with E-state index in [2.05, 4.69) is 21.3 Å². The number of hydrogen-bond donors (Lipinski definition) is 4. The molecule has 1 aliphatic heterocycles. The highest BCUT2D eigenvalue weighted by Gasteiger charge is 2.20. The van der Waals surface area contributed by atoms with Crippen LogP contribution >= 0.6 is 12.4 Å². The molecule has 27 heavy (non-hydrogen) atoms. The Labute approximate surface area is 163 Å². The van der Waals surface area contributed by atoms with E-state index in [4.69, 9.17) is 0 Å². The summed E-state index contributed by atoms with van der Waals surface area (Å²) >= 11 is 0. The van der Waals surface area contributed by atoms with Gasteiger partial charge < -0.3 is 21.3 Å². The minimum atomic E-state index is -0.823. The lowest BCUT2D eigenvalue weighted by atomic mass is 9.99. The zero-order valence-corrected chi connectivity index (χ0v) is 15.7. The quantitative estimate of drug-likeness (QED) is 0.645. The van der Waals surface area contributed by atoms with Gasteiger partial charge in [-0.25, -0.2) is 9.18 Å². The molecular formula is C19H22ClFN4O2. The van der Waals surface area contributed by atoms with Crippen LogP contribution in [0.2, 0.25) is 0 Å². The second-order valence-corrected chi connectivity index (χ2v) is 6.17. The Morgan fingerprint density at radius 1 is 1.11 bits per heavy atom. The molecule has 144 valence electrons. The molecule has 1 heterocycles. The number of halogens is 2. The number of anilines is 2. The summed E-state index contributed by atoms with van der Waals surface area (Å²) in [6.07, 6.45) is 0.582. The maximum atomic E-state index is 14.6. The molecule has 3 rings (SSSR count). The Balaban J connectivity index is 0.00000261. The minimum absolute atomic E-state index is 0. The summed E-state index contributed by atoms with van der Waals surface area (Å²) in [5.41, 5.74) is 2.28. The molecule has 0 saturated heterocycles. The van der Waals surface area contributed by atoms with Gasteiger partial charge in [0.05, 0.1) is 5.69 Å². The van der Waals surface area contributed by atoms with Crippen molar-refractivity contribution in [3.63, 3.8) is 0 Å². The van der Waals surface area contributed by atoms with Crippen LogP contribution in [0.1, 0.15) is 18.1 Å². The van der Waals surface area contributed by atoms with E-state index in [1.807, 2.05) is 6.07 Å². The summed E-state index contributed by atoms with van der Waals surface area (Å²) in [5.74, 6) is -0.890. The summed E-state index contributed by atoms with van der Waals surface area (Å²) in [5, 5.41) is 10.9. The van der Waals surface area contributed by atoms with E-state index in [-0.39, 0.29) is 18.1 Å². The molecule has 1 atom stereocenters. The monoisotopic (exact) mass is 392 g/mol. The predicted molar refractivity (Wildman–Crippen MR) is 106 cm³/mol. The summed E-state index contributed by atoms with van der Waals surface area (Å²) in [6.45, 7) is 2.87. The zero-order valence-electron chi connectivity index (χ0n) is 14.8. The fourth-order valence-corrected chi connectivity index (χ4v) is 2.82. The number of amides is 3. The van der Waals surface area contributed by atoms with Crippen LogP contribution in [0, 0.1) is 5.82 Å². The van der Waals surface area contributed by atoms with E-state index in [0.29, 0.717) is 30.8 Å². The smallest absolute Gasteiger partial charge is 0.319 e. The number of nitrogens with one attached hydrogen (secondary N) is 4. The molecule has 1 unspecified atom stereocenters. The molecule has 2 aromatic rings. The van der Waals surface area contributed by atoms with Crippen molar-refractivity contribution >= 4 is 35.7 Å². The second-order valence-electron chi connectivity index (χ2n) is 6.17. The van der Waals surface area contributed by atoms with Crippen molar-refractivity contribution in [3.05, 3.63) is 59.4 Å². The van der Waals surface area contributed by atoms with Gasteiger partial charge in [0.15, 0.2) is 0 Å². The lowest BCUT2D eigenvalue weighted by molar-refractivity contribution is -0.117. The maximum Gasteiger partial charge on any atom is 0.319 e. The minimum Gasteiger partial charge on any atom is -0.326 e. The predicted octanol–water partition coefficient (Wildman–Crippen LogP) is 3.04. The van der Waals surface area contributed by atoms with Crippen LogP contribution in [-0.4, -0.2) is 24.5 Å². The van der Waals surface area contributed by atoms with Crippen molar-refractivity contribution in [2.24, 2.45) is 0 Å². The van der Waals surface area contributed by atoms with Crippen molar-refractivity contribution in [1.82, 2.24) is 10.6 Å². The molecule has 1 aliphatic rings. The van der Waals surface area contributed by atoms with Gasteiger partial charge in [0.1, 0.15) is 11.9 Å². The largest absolute Gasteiger partial charge is 0.326 e. The number of urea groups is 1. The van der Waals surface area contributed by atoms with Gasteiger partial charge in [0.2, 0.25) is 5.91 Å². The Morgan fingerprint density at radius 2 is 1.85 bits per heavy atom. The fourth-order valence-electron chi connectivity index (χ4n) is 2.82. The van der Waals surface area contributed by atoms with Crippen LogP contribution in [0.15, 0.2) is 42.5 Å². The van der Waals surface area contributed by atoms with Gasteiger partial charge in [0, 0.05) is 12.2 Å². The Bertz CT molecular complexity index is 817. The van der Waals surface area contributed by atoms with Gasteiger partial charge in [-0.1, -0.05) is 24.3 Å². The van der Waals surface area contributed by atoms with E-state index in [9.17, 15) is 14.0 Å². The van der Waals surface area contributed by atoms with Crippen LogP contribution in [0.4, 0.5) is 20.6 Å². The van der Waals surface area contributed by atoms with Gasteiger partial charge >= 0.3 is 6.03 Å². The molecule has 0 aromatic heterocycles. The number of carbonyl (C=O) groups excluding carboxylic acids is 2. The molecule has 0 fully saturated rings. The first-order chi connectivity index (χ1) is 12.5. The zero-order chi connectivity index (χ0) is 18.5. The summed E-state index contributed by atoms with van der Waals surface area (Å²) in [6, 6.07) is 10.9. The van der Waals surface area contributed by atoms with Crippen LogP contribution < -0.4 is 21.3 Å². The summed E-state index contributed by atoms with van der Waals surface area (Å²) in [7, 11) is 0. The molecule has 3 amide bonds. The van der Waals surface area contributed by atoms with E-state index in [0.717, 1.165) is 5.56 Å². The number of benzene rings is 2. The van der Waals surface area contributed by atoms with Crippen molar-refractivity contribution in [3.8, 4) is 0 Å². The van der Waals surface area contributed by atoms with Crippen LogP contribution in [0.25, 0.3) is 0 Å². The standard InChI is InChI=1S/C19H21FN4O2.ClH/c1-12(22-19(26)23-14-5-3-2-4-6-14)18(25)24-16-8-7-13-11-21-10-9-15(13)17(16)20;/h2-8,12,21H,9-11H2,1H3,(H,24,25)(H2,22,23,26);1H. The van der Waals surface area contributed by atoms with E-state index in [1.54, 1.807) is 43.3 Å². The highest BCUT2D eigenvalue weighted by atomic mass is 35.5. The average molecular weight is 393 g/mol. The van der Waals surface area contributed by atoms with Crippen molar-refractivity contribution in [2.75, 3.05) is 17.2 Å². The fraction of sp³-hybridized carbons (Fsp3) is 0.263.